The van der Waals surface area contributed by atoms with Gasteiger partial charge in [0.25, 0.3) is 0 Å². The van der Waals surface area contributed by atoms with Crippen LogP contribution in [0.4, 0.5) is 0 Å². The smallest absolute Gasteiger partial charge is 0.194 e. The second-order valence-electron chi connectivity index (χ2n) is 6.01. The first kappa shape index (κ1) is 16.9. The van der Waals surface area contributed by atoms with Crippen LogP contribution in [-0.2, 0) is 13.1 Å². The maximum atomic E-state index is 4.43. The largest absolute Gasteiger partial charge is 0.350 e. The van der Waals surface area contributed by atoms with Crippen molar-refractivity contribution in [3.8, 4) is 0 Å². The third-order valence-electron chi connectivity index (χ3n) is 4.20. The predicted molar refractivity (Wildman–Crippen MR) is 100 cm³/mol. The average Bonchev–Trinajstić information content (AvgIpc) is 3.03. The van der Waals surface area contributed by atoms with Crippen molar-refractivity contribution in [1.29, 1.82) is 0 Å². The summed E-state index contributed by atoms with van der Waals surface area (Å²) in [4.78, 5) is 14.9. The standard InChI is InChI=1S/C18H25N5S/c1-15-12-20-17(24-15)13-21-18(19-2)23-10-8-22(9-11-23)14-16-6-4-3-5-7-16/h3-7,12H,8-11,13-14H2,1-2H3,(H,19,21). The molecule has 0 atom stereocenters. The fraction of sp³-hybridized carbons (Fsp3) is 0.444. The molecule has 3 rings (SSSR count). The zero-order valence-electron chi connectivity index (χ0n) is 14.4. The lowest BCUT2D eigenvalue weighted by Crippen LogP contribution is -2.52. The molecule has 0 radical (unpaired) electrons. The number of nitrogens with one attached hydrogen (secondary N) is 1. The first-order valence-corrected chi connectivity index (χ1v) is 9.19. The van der Waals surface area contributed by atoms with Crippen LogP contribution in [-0.4, -0.2) is 54.0 Å². The van der Waals surface area contributed by atoms with Crippen molar-refractivity contribution in [3.63, 3.8) is 0 Å². The Balaban J connectivity index is 1.47. The normalized spacial score (nSPS) is 16.4. The van der Waals surface area contributed by atoms with Gasteiger partial charge in [-0.3, -0.25) is 9.89 Å². The van der Waals surface area contributed by atoms with E-state index in [9.17, 15) is 0 Å². The first-order valence-electron chi connectivity index (χ1n) is 8.38. The van der Waals surface area contributed by atoms with Gasteiger partial charge in [-0.05, 0) is 12.5 Å². The minimum atomic E-state index is 0.745. The number of hydrogen-bond acceptors (Lipinski definition) is 4. The third kappa shape index (κ3) is 4.55. The molecule has 1 aromatic heterocycles. The summed E-state index contributed by atoms with van der Waals surface area (Å²) >= 11 is 1.73. The van der Waals surface area contributed by atoms with Crippen LogP contribution in [0.25, 0.3) is 0 Å². The molecule has 0 spiro atoms. The molecule has 0 aliphatic carbocycles. The maximum absolute atomic E-state index is 4.43. The second-order valence-corrected chi connectivity index (χ2v) is 7.33. The molecule has 1 aliphatic rings. The topological polar surface area (TPSA) is 43.8 Å². The van der Waals surface area contributed by atoms with Gasteiger partial charge in [-0.1, -0.05) is 30.3 Å². The van der Waals surface area contributed by atoms with E-state index in [0.29, 0.717) is 0 Å². The summed E-state index contributed by atoms with van der Waals surface area (Å²) < 4.78 is 0. The summed E-state index contributed by atoms with van der Waals surface area (Å²) in [5.41, 5.74) is 1.38. The van der Waals surface area contributed by atoms with E-state index in [1.165, 1.54) is 10.4 Å². The molecule has 0 bridgehead atoms. The molecule has 1 aromatic carbocycles. The van der Waals surface area contributed by atoms with Gasteiger partial charge in [0.05, 0.1) is 6.54 Å². The Morgan fingerprint density at radius 1 is 1.21 bits per heavy atom. The van der Waals surface area contributed by atoms with Gasteiger partial charge in [-0.15, -0.1) is 11.3 Å². The number of piperazine rings is 1. The number of guanidine groups is 1. The lowest BCUT2D eigenvalue weighted by Gasteiger charge is -2.36. The van der Waals surface area contributed by atoms with Gasteiger partial charge in [0.2, 0.25) is 0 Å². The Bertz CT molecular complexity index is 659. The molecule has 1 fully saturated rings. The number of thiazole rings is 1. The Kier molecular flexibility index (Phi) is 5.82. The van der Waals surface area contributed by atoms with Gasteiger partial charge in [0.15, 0.2) is 5.96 Å². The maximum Gasteiger partial charge on any atom is 0.194 e. The van der Waals surface area contributed by atoms with Crippen LogP contribution in [0.5, 0.6) is 0 Å². The van der Waals surface area contributed by atoms with E-state index in [1.807, 2.05) is 13.2 Å². The summed E-state index contributed by atoms with van der Waals surface area (Å²) in [6.45, 7) is 7.99. The van der Waals surface area contributed by atoms with E-state index in [-0.39, 0.29) is 0 Å². The van der Waals surface area contributed by atoms with E-state index in [4.69, 9.17) is 0 Å². The third-order valence-corrected chi connectivity index (χ3v) is 5.11. The Morgan fingerprint density at radius 2 is 1.96 bits per heavy atom. The summed E-state index contributed by atoms with van der Waals surface area (Å²) in [6.07, 6.45) is 1.92. The highest BCUT2D eigenvalue weighted by atomic mass is 32.1. The molecule has 6 heteroatoms. The quantitative estimate of drug-likeness (QED) is 0.684. The average molecular weight is 344 g/mol. The van der Waals surface area contributed by atoms with Crippen LogP contribution < -0.4 is 5.32 Å². The van der Waals surface area contributed by atoms with E-state index < -0.39 is 0 Å². The zero-order chi connectivity index (χ0) is 16.8. The Hall–Kier alpha value is -1.92. The van der Waals surface area contributed by atoms with E-state index in [0.717, 1.165) is 50.2 Å². The van der Waals surface area contributed by atoms with Gasteiger partial charge in [0, 0.05) is 50.8 Å². The molecule has 2 heterocycles. The van der Waals surface area contributed by atoms with E-state index >= 15 is 0 Å². The summed E-state index contributed by atoms with van der Waals surface area (Å²) in [5.74, 6) is 0.974. The van der Waals surface area contributed by atoms with Crippen molar-refractivity contribution in [2.45, 2.75) is 20.0 Å². The second kappa shape index (κ2) is 8.26. The lowest BCUT2D eigenvalue weighted by atomic mass is 10.2. The first-order chi connectivity index (χ1) is 11.7. The van der Waals surface area contributed by atoms with Crippen molar-refractivity contribution < 1.29 is 0 Å². The van der Waals surface area contributed by atoms with Crippen molar-refractivity contribution in [3.05, 3.63) is 52.0 Å². The zero-order valence-corrected chi connectivity index (χ0v) is 15.2. The minimum Gasteiger partial charge on any atom is -0.350 e. The van der Waals surface area contributed by atoms with Gasteiger partial charge in [0.1, 0.15) is 5.01 Å². The summed E-state index contributed by atoms with van der Waals surface area (Å²) in [7, 11) is 1.85. The highest BCUT2D eigenvalue weighted by Gasteiger charge is 2.19. The number of aromatic nitrogens is 1. The van der Waals surface area contributed by atoms with Gasteiger partial charge in [-0.25, -0.2) is 4.98 Å². The van der Waals surface area contributed by atoms with Crippen LogP contribution in [0.1, 0.15) is 15.4 Å². The fourth-order valence-electron chi connectivity index (χ4n) is 2.93. The SMILES string of the molecule is CN=C(NCc1ncc(C)s1)N1CCN(Cc2ccccc2)CC1. The van der Waals surface area contributed by atoms with Crippen LogP contribution in [0.2, 0.25) is 0 Å². The molecule has 1 saturated heterocycles. The molecular formula is C18H25N5S. The van der Waals surface area contributed by atoms with Crippen molar-refractivity contribution >= 4 is 17.3 Å². The van der Waals surface area contributed by atoms with Crippen LogP contribution in [0.15, 0.2) is 41.5 Å². The van der Waals surface area contributed by atoms with Gasteiger partial charge < -0.3 is 10.2 Å². The van der Waals surface area contributed by atoms with Crippen molar-refractivity contribution in [1.82, 2.24) is 20.1 Å². The molecule has 1 aliphatic heterocycles. The number of rotatable bonds is 4. The molecule has 0 unspecified atom stereocenters. The van der Waals surface area contributed by atoms with Crippen molar-refractivity contribution in [2.75, 3.05) is 33.2 Å². The van der Waals surface area contributed by atoms with Gasteiger partial charge in [-0.2, -0.15) is 0 Å². The van der Waals surface area contributed by atoms with E-state index in [1.54, 1.807) is 11.3 Å². The molecule has 0 amide bonds. The summed E-state index contributed by atoms with van der Waals surface area (Å²) in [6, 6.07) is 10.7. The number of benzene rings is 1. The number of aliphatic imine (C=N–C) groups is 1. The Labute approximate surface area is 148 Å². The summed E-state index contributed by atoms with van der Waals surface area (Å²) in [5, 5.41) is 4.55. The number of nitrogens with zero attached hydrogens (tertiary/aromatic N) is 4. The van der Waals surface area contributed by atoms with Crippen LogP contribution >= 0.6 is 11.3 Å². The van der Waals surface area contributed by atoms with Crippen LogP contribution in [0.3, 0.4) is 0 Å². The highest BCUT2D eigenvalue weighted by Crippen LogP contribution is 2.11. The van der Waals surface area contributed by atoms with Crippen LogP contribution in [0, 0.1) is 6.92 Å². The number of aryl methyl sites for hydroxylation is 1. The highest BCUT2D eigenvalue weighted by molar-refractivity contribution is 7.11. The van der Waals surface area contributed by atoms with Gasteiger partial charge >= 0.3 is 0 Å². The lowest BCUT2D eigenvalue weighted by molar-refractivity contribution is 0.172. The van der Waals surface area contributed by atoms with Crippen molar-refractivity contribution in [2.24, 2.45) is 4.99 Å². The fourth-order valence-corrected chi connectivity index (χ4v) is 3.66. The number of hydrogen-bond donors (Lipinski definition) is 1. The minimum absolute atomic E-state index is 0.745. The van der Waals surface area contributed by atoms with E-state index in [2.05, 4.69) is 62.3 Å². The molecule has 5 nitrogen and oxygen atoms in total. The monoisotopic (exact) mass is 343 g/mol. The predicted octanol–water partition coefficient (Wildman–Crippen LogP) is 2.34. The Morgan fingerprint density at radius 3 is 2.58 bits per heavy atom. The molecule has 2 aromatic rings. The molecule has 24 heavy (non-hydrogen) atoms. The molecule has 1 N–H and O–H groups in total. The molecular weight excluding hydrogens is 318 g/mol. The molecule has 128 valence electrons. The molecule has 0 saturated carbocycles.